The van der Waals surface area contributed by atoms with Crippen LogP contribution in [0.5, 0.6) is 0 Å². The van der Waals surface area contributed by atoms with Gasteiger partial charge in [0.1, 0.15) is 0 Å². The molecule has 0 aliphatic carbocycles. The lowest BCUT2D eigenvalue weighted by molar-refractivity contribution is -0.131. The molecule has 0 spiro atoms. The van der Waals surface area contributed by atoms with Crippen molar-refractivity contribution in [2.24, 2.45) is 7.05 Å². The summed E-state index contributed by atoms with van der Waals surface area (Å²) in [7, 11) is 1.81. The van der Waals surface area contributed by atoms with Gasteiger partial charge in [0.05, 0.1) is 11.9 Å². The van der Waals surface area contributed by atoms with E-state index < -0.39 is 0 Å². The van der Waals surface area contributed by atoms with Crippen molar-refractivity contribution in [2.45, 2.75) is 51.0 Å². The number of hydrogen-bond donors (Lipinski definition) is 0. The van der Waals surface area contributed by atoms with Crippen LogP contribution >= 0.6 is 0 Å². The van der Waals surface area contributed by atoms with E-state index in [1.165, 1.54) is 38.8 Å². The predicted octanol–water partition coefficient (Wildman–Crippen LogP) is 1.22. The molecule has 22 heavy (non-hydrogen) atoms. The average Bonchev–Trinajstić information content (AvgIpc) is 3.12. The van der Waals surface area contributed by atoms with Crippen LogP contribution in [-0.4, -0.2) is 62.9 Å². The molecule has 1 amide bonds. The van der Waals surface area contributed by atoms with E-state index in [9.17, 15) is 4.79 Å². The van der Waals surface area contributed by atoms with Crippen LogP contribution in [0.3, 0.4) is 0 Å². The maximum atomic E-state index is 12.5. The van der Waals surface area contributed by atoms with Gasteiger partial charge in [-0.25, -0.2) is 0 Å². The van der Waals surface area contributed by atoms with Crippen molar-refractivity contribution in [3.63, 3.8) is 0 Å². The monoisotopic (exact) mass is 305 g/mol. The molecule has 0 bridgehead atoms. The van der Waals surface area contributed by atoms with Gasteiger partial charge in [0, 0.05) is 39.0 Å². The fourth-order valence-electron chi connectivity index (χ4n) is 3.65. The zero-order valence-electron chi connectivity index (χ0n) is 13.6. The first-order chi connectivity index (χ1) is 10.7. The fraction of sp³-hybridized carbons (Fsp3) is 0.812. The number of nitrogens with zero attached hydrogens (tertiary/aromatic N) is 5. The lowest BCUT2D eigenvalue weighted by Crippen LogP contribution is -2.43. The van der Waals surface area contributed by atoms with Crippen LogP contribution in [0.4, 0.5) is 0 Å². The van der Waals surface area contributed by atoms with Crippen molar-refractivity contribution in [3.8, 4) is 0 Å². The molecule has 0 radical (unpaired) electrons. The van der Waals surface area contributed by atoms with Crippen molar-refractivity contribution >= 4 is 5.91 Å². The average molecular weight is 305 g/mol. The highest BCUT2D eigenvalue weighted by Gasteiger charge is 2.27. The smallest absolute Gasteiger partial charge is 0.223 e. The van der Waals surface area contributed by atoms with Gasteiger partial charge in [0.25, 0.3) is 0 Å². The van der Waals surface area contributed by atoms with Gasteiger partial charge in [-0.05, 0) is 38.8 Å². The van der Waals surface area contributed by atoms with E-state index in [-0.39, 0.29) is 5.91 Å². The lowest BCUT2D eigenvalue weighted by atomic mass is 10.1. The van der Waals surface area contributed by atoms with E-state index in [2.05, 4.69) is 20.0 Å². The van der Waals surface area contributed by atoms with Crippen LogP contribution in [0.15, 0.2) is 6.20 Å². The van der Waals surface area contributed by atoms with Gasteiger partial charge in [-0.3, -0.25) is 9.69 Å². The highest BCUT2D eigenvalue weighted by atomic mass is 16.2. The highest BCUT2D eigenvalue weighted by Crippen LogP contribution is 2.21. The zero-order chi connectivity index (χ0) is 15.4. The van der Waals surface area contributed by atoms with Crippen LogP contribution in [0, 0.1) is 0 Å². The third-order valence-corrected chi connectivity index (χ3v) is 4.90. The Hall–Kier alpha value is -1.43. The van der Waals surface area contributed by atoms with Crippen LogP contribution in [0.25, 0.3) is 0 Å². The molecule has 1 atom stereocenters. The Morgan fingerprint density at radius 3 is 2.73 bits per heavy atom. The van der Waals surface area contributed by atoms with Crippen molar-refractivity contribution in [2.75, 3.05) is 26.2 Å². The largest absolute Gasteiger partial charge is 0.341 e. The Balaban J connectivity index is 1.53. The predicted molar refractivity (Wildman–Crippen MR) is 84.4 cm³/mol. The zero-order valence-corrected chi connectivity index (χ0v) is 13.6. The minimum absolute atomic E-state index is 0.275. The molecule has 0 N–H and O–H groups in total. The quantitative estimate of drug-likeness (QED) is 0.839. The minimum atomic E-state index is 0.275. The molecule has 1 aromatic heterocycles. The van der Waals surface area contributed by atoms with E-state index in [1.54, 1.807) is 18.0 Å². The molecule has 122 valence electrons. The summed E-state index contributed by atoms with van der Waals surface area (Å²) in [5.74, 6) is 0.275. The van der Waals surface area contributed by atoms with Crippen molar-refractivity contribution < 1.29 is 4.79 Å². The molecule has 0 saturated carbocycles. The molecule has 6 heteroatoms. The maximum Gasteiger partial charge on any atom is 0.223 e. The normalized spacial score (nSPS) is 23.7. The summed E-state index contributed by atoms with van der Waals surface area (Å²) in [6.07, 6.45) is 9.25. The molecule has 2 fully saturated rings. The number of aromatic nitrogens is 3. The second-order valence-corrected chi connectivity index (χ2v) is 6.56. The molecule has 2 saturated heterocycles. The van der Waals surface area contributed by atoms with Gasteiger partial charge >= 0.3 is 0 Å². The summed E-state index contributed by atoms with van der Waals surface area (Å²) in [6.45, 7) is 4.27. The fourth-order valence-corrected chi connectivity index (χ4v) is 3.65. The third kappa shape index (κ3) is 3.85. The van der Waals surface area contributed by atoms with Gasteiger partial charge in [0.15, 0.2) is 0 Å². The summed E-state index contributed by atoms with van der Waals surface area (Å²) >= 11 is 0. The molecular formula is C16H27N5O. The Morgan fingerprint density at radius 2 is 2.00 bits per heavy atom. The highest BCUT2D eigenvalue weighted by molar-refractivity contribution is 5.76. The molecular weight excluding hydrogens is 278 g/mol. The first kappa shape index (κ1) is 15.5. The van der Waals surface area contributed by atoms with Crippen molar-refractivity contribution in [1.82, 2.24) is 24.8 Å². The van der Waals surface area contributed by atoms with E-state index in [1.807, 2.05) is 0 Å². The third-order valence-electron chi connectivity index (χ3n) is 4.90. The van der Waals surface area contributed by atoms with Gasteiger partial charge in [-0.2, -0.15) is 15.0 Å². The second kappa shape index (κ2) is 7.22. The molecule has 2 aliphatic heterocycles. The van der Waals surface area contributed by atoms with Crippen LogP contribution in [0.1, 0.15) is 44.2 Å². The number of aryl methyl sites for hydroxylation is 2. The molecule has 3 rings (SSSR count). The van der Waals surface area contributed by atoms with Gasteiger partial charge < -0.3 is 4.90 Å². The Morgan fingerprint density at radius 1 is 1.23 bits per heavy atom. The first-order valence-corrected chi connectivity index (χ1v) is 8.59. The molecule has 0 aromatic carbocycles. The van der Waals surface area contributed by atoms with Gasteiger partial charge in [-0.15, -0.1) is 0 Å². The Labute approximate surface area is 132 Å². The molecule has 6 nitrogen and oxygen atoms in total. The van der Waals surface area contributed by atoms with E-state index in [4.69, 9.17) is 0 Å². The first-order valence-electron chi connectivity index (χ1n) is 8.59. The standard InChI is InChI=1S/C16H27N5O/c1-19-17-12-14(18-19)7-8-16(22)21-11-3-2-6-15(13-21)20-9-4-5-10-20/h12,15H,2-11,13H2,1H3. The maximum absolute atomic E-state index is 12.5. The van der Waals surface area contributed by atoms with E-state index in [0.29, 0.717) is 18.9 Å². The number of carbonyl (C=O) groups is 1. The summed E-state index contributed by atoms with van der Waals surface area (Å²) in [5, 5.41) is 8.31. The van der Waals surface area contributed by atoms with E-state index in [0.717, 1.165) is 25.2 Å². The SMILES string of the molecule is Cn1ncc(CCC(=O)N2CCCCC(N3CCCC3)C2)n1. The summed E-state index contributed by atoms with van der Waals surface area (Å²) in [4.78, 5) is 18.8. The number of amides is 1. The van der Waals surface area contributed by atoms with Crippen molar-refractivity contribution in [3.05, 3.63) is 11.9 Å². The van der Waals surface area contributed by atoms with Gasteiger partial charge in [0.2, 0.25) is 5.91 Å². The second-order valence-electron chi connectivity index (χ2n) is 6.56. The number of rotatable bonds is 4. The summed E-state index contributed by atoms with van der Waals surface area (Å²) in [6, 6.07) is 0.575. The topological polar surface area (TPSA) is 54.3 Å². The Kier molecular flexibility index (Phi) is 5.08. The van der Waals surface area contributed by atoms with E-state index >= 15 is 0 Å². The number of likely N-dealkylation sites (tertiary alicyclic amines) is 2. The van der Waals surface area contributed by atoms with Crippen LogP contribution in [0.2, 0.25) is 0 Å². The molecule has 1 unspecified atom stereocenters. The summed E-state index contributed by atoms with van der Waals surface area (Å²) in [5.41, 5.74) is 0.904. The van der Waals surface area contributed by atoms with Gasteiger partial charge in [-0.1, -0.05) is 6.42 Å². The number of hydrogen-bond acceptors (Lipinski definition) is 4. The summed E-state index contributed by atoms with van der Waals surface area (Å²) < 4.78 is 0. The number of carbonyl (C=O) groups excluding carboxylic acids is 1. The minimum Gasteiger partial charge on any atom is -0.341 e. The molecule has 3 heterocycles. The van der Waals surface area contributed by atoms with Crippen molar-refractivity contribution in [1.29, 1.82) is 0 Å². The lowest BCUT2D eigenvalue weighted by Gasteiger charge is -2.30. The molecule has 2 aliphatic rings. The molecule has 1 aromatic rings. The van der Waals surface area contributed by atoms with Crippen LogP contribution < -0.4 is 0 Å². The van der Waals surface area contributed by atoms with Crippen LogP contribution in [-0.2, 0) is 18.3 Å². The Bertz CT molecular complexity index is 494.